The molecule has 3 fully saturated rings. The Morgan fingerprint density at radius 3 is 2.48 bits per heavy atom. The van der Waals surface area contributed by atoms with E-state index in [9.17, 15) is 0 Å². The first kappa shape index (κ1) is 22.9. The van der Waals surface area contributed by atoms with E-state index in [2.05, 4.69) is 56.0 Å². The number of aryl methyl sites for hydroxylation is 1. The standard InChI is InChI=1S/C25H38N6OS/c1-20-8-6-10-23(21(20)2)28-15-13-27(14-16-28)19-31-25(33)30(18-22-9-7-17-32-22)24(26-31)29-11-4-3-5-12-29/h6,8,10,22H,3-5,7,9,11-19H2,1-2H3/t22-/m0/s1. The maximum absolute atomic E-state index is 5.96. The zero-order valence-corrected chi connectivity index (χ0v) is 21.0. The van der Waals surface area contributed by atoms with Gasteiger partial charge in [0.25, 0.3) is 0 Å². The van der Waals surface area contributed by atoms with Crippen LogP contribution in [-0.4, -0.2) is 71.2 Å². The summed E-state index contributed by atoms with van der Waals surface area (Å²) in [5, 5.41) is 5.06. The molecule has 0 bridgehead atoms. The summed E-state index contributed by atoms with van der Waals surface area (Å²) in [5.74, 6) is 1.05. The van der Waals surface area contributed by atoms with Gasteiger partial charge in [0.05, 0.1) is 19.3 Å². The molecule has 1 atom stereocenters. The van der Waals surface area contributed by atoms with Gasteiger partial charge in [-0.1, -0.05) is 12.1 Å². The smallest absolute Gasteiger partial charge is 0.226 e. The summed E-state index contributed by atoms with van der Waals surface area (Å²) in [6.07, 6.45) is 6.32. The monoisotopic (exact) mass is 470 g/mol. The largest absolute Gasteiger partial charge is 0.376 e. The van der Waals surface area contributed by atoms with Crippen molar-refractivity contribution in [3.63, 3.8) is 0 Å². The molecule has 180 valence electrons. The van der Waals surface area contributed by atoms with Crippen molar-refractivity contribution in [1.82, 2.24) is 19.2 Å². The summed E-state index contributed by atoms with van der Waals surface area (Å²) in [5.41, 5.74) is 4.13. The number of nitrogens with zero attached hydrogens (tertiary/aromatic N) is 6. The fraction of sp³-hybridized carbons (Fsp3) is 0.680. The summed E-state index contributed by atoms with van der Waals surface area (Å²) in [4.78, 5) is 7.44. The van der Waals surface area contributed by atoms with Crippen LogP contribution in [-0.2, 0) is 18.0 Å². The summed E-state index contributed by atoms with van der Waals surface area (Å²) < 4.78 is 11.1. The second kappa shape index (κ2) is 10.2. The Labute approximate surface area is 202 Å². The molecule has 7 nitrogen and oxygen atoms in total. The predicted molar refractivity (Wildman–Crippen MR) is 136 cm³/mol. The molecule has 0 radical (unpaired) electrons. The van der Waals surface area contributed by atoms with Gasteiger partial charge in [-0.15, -0.1) is 5.10 Å². The predicted octanol–water partition coefficient (Wildman–Crippen LogP) is 3.98. The van der Waals surface area contributed by atoms with Crippen LogP contribution in [0.1, 0.15) is 43.2 Å². The molecule has 0 aliphatic carbocycles. The van der Waals surface area contributed by atoms with Gasteiger partial charge in [-0.2, -0.15) is 0 Å². The van der Waals surface area contributed by atoms with E-state index in [1.54, 1.807) is 0 Å². The molecule has 0 saturated carbocycles. The van der Waals surface area contributed by atoms with E-state index in [-0.39, 0.29) is 6.10 Å². The lowest BCUT2D eigenvalue weighted by Crippen LogP contribution is -2.47. The van der Waals surface area contributed by atoms with Crippen LogP contribution >= 0.6 is 12.2 Å². The Kier molecular flexibility index (Phi) is 7.04. The van der Waals surface area contributed by atoms with Crippen molar-refractivity contribution >= 4 is 23.9 Å². The van der Waals surface area contributed by atoms with Gasteiger partial charge in [0.15, 0.2) is 0 Å². The molecular weight excluding hydrogens is 432 g/mol. The first-order valence-electron chi connectivity index (χ1n) is 12.7. The average Bonchev–Trinajstić information content (AvgIpc) is 3.46. The minimum absolute atomic E-state index is 0.263. The van der Waals surface area contributed by atoms with E-state index >= 15 is 0 Å². The van der Waals surface area contributed by atoms with E-state index in [1.165, 1.54) is 36.1 Å². The summed E-state index contributed by atoms with van der Waals surface area (Å²) >= 11 is 5.96. The number of hydrogen-bond donors (Lipinski definition) is 0. The fourth-order valence-electron chi connectivity index (χ4n) is 5.40. The van der Waals surface area contributed by atoms with Gasteiger partial charge in [0, 0.05) is 51.6 Å². The number of benzene rings is 1. The first-order chi connectivity index (χ1) is 16.1. The molecule has 5 rings (SSSR count). The Bertz CT molecular complexity index is 997. The van der Waals surface area contributed by atoms with Crippen LogP contribution in [0.15, 0.2) is 18.2 Å². The molecule has 0 spiro atoms. The van der Waals surface area contributed by atoms with E-state index < -0.39 is 0 Å². The molecule has 4 heterocycles. The van der Waals surface area contributed by atoms with Crippen molar-refractivity contribution in [2.45, 2.75) is 65.3 Å². The Morgan fingerprint density at radius 2 is 1.76 bits per heavy atom. The van der Waals surface area contributed by atoms with Crippen molar-refractivity contribution in [2.24, 2.45) is 0 Å². The van der Waals surface area contributed by atoms with Crippen LogP contribution in [0.25, 0.3) is 0 Å². The molecule has 0 unspecified atom stereocenters. The molecule has 0 N–H and O–H groups in total. The van der Waals surface area contributed by atoms with E-state index in [4.69, 9.17) is 22.1 Å². The van der Waals surface area contributed by atoms with Crippen molar-refractivity contribution in [3.05, 3.63) is 34.1 Å². The van der Waals surface area contributed by atoms with Gasteiger partial charge in [-0.3, -0.25) is 9.47 Å². The van der Waals surface area contributed by atoms with Gasteiger partial charge in [-0.25, -0.2) is 4.68 Å². The van der Waals surface area contributed by atoms with Crippen molar-refractivity contribution in [1.29, 1.82) is 0 Å². The molecule has 3 aliphatic rings. The lowest BCUT2D eigenvalue weighted by Gasteiger charge is -2.36. The van der Waals surface area contributed by atoms with Crippen LogP contribution in [0.4, 0.5) is 11.6 Å². The Balaban J connectivity index is 1.29. The normalized spacial score (nSPS) is 22.3. The molecule has 1 aromatic carbocycles. The summed E-state index contributed by atoms with van der Waals surface area (Å²) in [6, 6.07) is 6.63. The topological polar surface area (TPSA) is 41.7 Å². The van der Waals surface area contributed by atoms with E-state index in [1.807, 2.05) is 0 Å². The second-order valence-electron chi connectivity index (χ2n) is 9.84. The summed E-state index contributed by atoms with van der Waals surface area (Å²) in [7, 11) is 0. The molecule has 0 amide bonds. The molecule has 3 aliphatic heterocycles. The third-order valence-corrected chi connectivity index (χ3v) is 8.01. The molecule has 1 aromatic heterocycles. The number of anilines is 2. The van der Waals surface area contributed by atoms with Crippen molar-refractivity contribution in [3.8, 4) is 0 Å². The maximum Gasteiger partial charge on any atom is 0.226 e. The highest BCUT2D eigenvalue weighted by atomic mass is 32.1. The molecule has 33 heavy (non-hydrogen) atoms. The number of piperidine rings is 1. The third-order valence-electron chi connectivity index (χ3n) is 7.58. The van der Waals surface area contributed by atoms with Gasteiger partial charge >= 0.3 is 0 Å². The zero-order chi connectivity index (χ0) is 22.8. The van der Waals surface area contributed by atoms with Crippen LogP contribution < -0.4 is 9.80 Å². The van der Waals surface area contributed by atoms with E-state index in [0.29, 0.717) is 0 Å². The van der Waals surface area contributed by atoms with Crippen molar-refractivity contribution < 1.29 is 4.74 Å². The molecule has 3 saturated heterocycles. The fourth-order valence-corrected chi connectivity index (χ4v) is 5.65. The number of aromatic nitrogens is 3. The van der Waals surface area contributed by atoms with Gasteiger partial charge in [0.2, 0.25) is 10.7 Å². The van der Waals surface area contributed by atoms with Gasteiger partial charge in [0.1, 0.15) is 0 Å². The molecule has 2 aromatic rings. The van der Waals surface area contributed by atoms with Crippen molar-refractivity contribution in [2.75, 3.05) is 55.7 Å². The van der Waals surface area contributed by atoms with Crippen LogP contribution in [0.2, 0.25) is 0 Å². The average molecular weight is 471 g/mol. The van der Waals surface area contributed by atoms with E-state index in [0.717, 1.165) is 82.6 Å². The quantitative estimate of drug-likeness (QED) is 0.595. The Hall–Kier alpha value is -1.90. The zero-order valence-electron chi connectivity index (χ0n) is 20.2. The minimum Gasteiger partial charge on any atom is -0.376 e. The molecular formula is C25H38N6OS. The lowest BCUT2D eigenvalue weighted by atomic mass is 10.1. The number of hydrogen-bond acceptors (Lipinski definition) is 6. The van der Waals surface area contributed by atoms with Crippen LogP contribution in [0, 0.1) is 18.6 Å². The maximum atomic E-state index is 5.96. The van der Waals surface area contributed by atoms with Gasteiger partial charge in [-0.05, 0) is 75.4 Å². The highest BCUT2D eigenvalue weighted by molar-refractivity contribution is 7.71. The van der Waals surface area contributed by atoms with Crippen LogP contribution in [0.5, 0.6) is 0 Å². The number of piperazine rings is 1. The second-order valence-corrected chi connectivity index (χ2v) is 10.2. The number of rotatable bonds is 6. The molecule has 8 heteroatoms. The number of ether oxygens (including phenoxy) is 1. The minimum atomic E-state index is 0.263. The highest BCUT2D eigenvalue weighted by Crippen LogP contribution is 2.25. The first-order valence-corrected chi connectivity index (χ1v) is 13.1. The lowest BCUT2D eigenvalue weighted by molar-refractivity contribution is 0.0965. The van der Waals surface area contributed by atoms with Crippen LogP contribution in [0.3, 0.4) is 0 Å². The SMILES string of the molecule is Cc1cccc(N2CCN(Cn3nc(N4CCCCC4)n(C[C@@H]4CCCO4)c3=S)CC2)c1C. The summed E-state index contributed by atoms with van der Waals surface area (Å²) in [6.45, 7) is 13.2. The Morgan fingerprint density at radius 1 is 0.970 bits per heavy atom. The van der Waals surface area contributed by atoms with Gasteiger partial charge < -0.3 is 14.5 Å². The highest BCUT2D eigenvalue weighted by Gasteiger charge is 2.25. The third kappa shape index (κ3) is 4.98.